The Morgan fingerprint density at radius 3 is 2.56 bits per heavy atom. The summed E-state index contributed by atoms with van der Waals surface area (Å²) in [5.41, 5.74) is 2.79. The van der Waals surface area contributed by atoms with Gasteiger partial charge >= 0.3 is 0 Å². The average Bonchev–Trinajstić information content (AvgIpc) is 3.07. The van der Waals surface area contributed by atoms with E-state index < -0.39 is 0 Å². The molecule has 0 aliphatic heterocycles. The third kappa shape index (κ3) is 4.94. The van der Waals surface area contributed by atoms with Crippen molar-refractivity contribution in [2.45, 2.75) is 19.8 Å². The van der Waals surface area contributed by atoms with Crippen LogP contribution in [0.15, 0.2) is 60.8 Å². The fourth-order valence-corrected chi connectivity index (χ4v) is 2.46. The summed E-state index contributed by atoms with van der Waals surface area (Å²) in [4.78, 5) is 19.4. The summed E-state index contributed by atoms with van der Waals surface area (Å²) in [7, 11) is 0. The minimum Gasteiger partial charge on any atom is -0.494 e. The van der Waals surface area contributed by atoms with Gasteiger partial charge in [-0.2, -0.15) is 0 Å². The van der Waals surface area contributed by atoms with Crippen LogP contribution < -0.4 is 10.1 Å². The zero-order valence-corrected chi connectivity index (χ0v) is 14.2. The Morgan fingerprint density at radius 2 is 1.88 bits per heavy atom. The molecule has 0 bridgehead atoms. The SMILES string of the molecule is Cc1ncc(-c2ccc(NC(=O)CCCOc3ccccc3)cc2)[nH]1. The van der Waals surface area contributed by atoms with E-state index in [2.05, 4.69) is 15.3 Å². The maximum absolute atomic E-state index is 12.0. The lowest BCUT2D eigenvalue weighted by Crippen LogP contribution is -2.12. The Labute approximate surface area is 147 Å². The average molecular weight is 335 g/mol. The highest BCUT2D eigenvalue weighted by Gasteiger charge is 2.04. The lowest BCUT2D eigenvalue weighted by Gasteiger charge is -2.07. The van der Waals surface area contributed by atoms with Crippen LogP contribution in [0.3, 0.4) is 0 Å². The second-order valence-corrected chi connectivity index (χ2v) is 5.77. The molecule has 2 aromatic carbocycles. The Hall–Kier alpha value is -3.08. The molecule has 2 N–H and O–H groups in total. The molecule has 0 saturated carbocycles. The normalized spacial score (nSPS) is 10.4. The molecule has 1 amide bonds. The molecular formula is C20H21N3O2. The number of benzene rings is 2. The summed E-state index contributed by atoms with van der Waals surface area (Å²) in [6.07, 6.45) is 2.90. The van der Waals surface area contributed by atoms with Crippen molar-refractivity contribution in [3.63, 3.8) is 0 Å². The van der Waals surface area contributed by atoms with Gasteiger partial charge in [0.05, 0.1) is 18.5 Å². The zero-order valence-electron chi connectivity index (χ0n) is 14.2. The monoisotopic (exact) mass is 335 g/mol. The molecule has 128 valence electrons. The number of hydrogen-bond donors (Lipinski definition) is 2. The molecule has 3 aromatic rings. The Bertz CT molecular complexity index is 810. The molecule has 0 spiro atoms. The molecule has 0 radical (unpaired) electrons. The first-order chi connectivity index (χ1) is 12.2. The van der Waals surface area contributed by atoms with Crippen molar-refractivity contribution in [2.75, 3.05) is 11.9 Å². The Balaban J connectivity index is 1.43. The molecule has 5 nitrogen and oxygen atoms in total. The van der Waals surface area contributed by atoms with E-state index in [-0.39, 0.29) is 5.91 Å². The van der Waals surface area contributed by atoms with Crippen molar-refractivity contribution in [3.05, 3.63) is 66.6 Å². The van der Waals surface area contributed by atoms with Crippen LogP contribution in [0.5, 0.6) is 5.75 Å². The van der Waals surface area contributed by atoms with E-state index in [1.54, 1.807) is 6.20 Å². The molecule has 1 aromatic heterocycles. The van der Waals surface area contributed by atoms with Crippen LogP contribution >= 0.6 is 0 Å². The number of hydrogen-bond acceptors (Lipinski definition) is 3. The highest BCUT2D eigenvalue weighted by Crippen LogP contribution is 2.19. The van der Waals surface area contributed by atoms with Gasteiger partial charge in [-0.15, -0.1) is 0 Å². The molecule has 0 unspecified atom stereocenters. The summed E-state index contributed by atoms with van der Waals surface area (Å²) in [6.45, 7) is 2.44. The number of carbonyl (C=O) groups is 1. The van der Waals surface area contributed by atoms with E-state index in [4.69, 9.17) is 4.74 Å². The number of para-hydroxylation sites is 1. The van der Waals surface area contributed by atoms with Crippen LogP contribution in [-0.4, -0.2) is 22.5 Å². The number of imidazole rings is 1. The van der Waals surface area contributed by atoms with Crippen molar-refractivity contribution < 1.29 is 9.53 Å². The standard InChI is InChI=1S/C20H21N3O2/c1-15-21-14-19(22-15)16-9-11-17(12-10-16)23-20(24)8-5-13-25-18-6-3-2-4-7-18/h2-4,6-7,9-12,14H,5,8,13H2,1H3,(H,21,22)(H,23,24). The molecular weight excluding hydrogens is 314 g/mol. The van der Waals surface area contributed by atoms with Crippen LogP contribution in [0.2, 0.25) is 0 Å². The number of aromatic amines is 1. The maximum Gasteiger partial charge on any atom is 0.224 e. The number of nitrogens with one attached hydrogen (secondary N) is 2. The summed E-state index contributed by atoms with van der Waals surface area (Å²) < 4.78 is 5.58. The van der Waals surface area contributed by atoms with Gasteiger partial charge in [-0.25, -0.2) is 4.98 Å². The van der Waals surface area contributed by atoms with Crippen molar-refractivity contribution in [2.24, 2.45) is 0 Å². The molecule has 0 aliphatic carbocycles. The number of amides is 1. The molecule has 0 aliphatic rings. The van der Waals surface area contributed by atoms with Crippen LogP contribution in [-0.2, 0) is 4.79 Å². The molecule has 25 heavy (non-hydrogen) atoms. The van der Waals surface area contributed by atoms with E-state index in [1.807, 2.05) is 61.5 Å². The van der Waals surface area contributed by atoms with Gasteiger partial charge in [0.2, 0.25) is 5.91 Å². The first kappa shape index (κ1) is 16.8. The maximum atomic E-state index is 12.0. The van der Waals surface area contributed by atoms with E-state index in [0.717, 1.165) is 28.5 Å². The van der Waals surface area contributed by atoms with Gasteiger partial charge < -0.3 is 15.0 Å². The van der Waals surface area contributed by atoms with Crippen LogP contribution in [0.4, 0.5) is 5.69 Å². The van der Waals surface area contributed by atoms with Gasteiger partial charge in [0.1, 0.15) is 11.6 Å². The second-order valence-electron chi connectivity index (χ2n) is 5.77. The van der Waals surface area contributed by atoms with Crippen molar-refractivity contribution in [1.82, 2.24) is 9.97 Å². The third-order valence-electron chi connectivity index (χ3n) is 3.74. The Morgan fingerprint density at radius 1 is 1.12 bits per heavy atom. The number of aryl methyl sites for hydroxylation is 1. The minimum atomic E-state index is -0.0122. The van der Waals surface area contributed by atoms with Crippen LogP contribution in [0.1, 0.15) is 18.7 Å². The molecule has 0 fully saturated rings. The summed E-state index contributed by atoms with van der Waals surface area (Å²) in [6, 6.07) is 17.3. The smallest absolute Gasteiger partial charge is 0.224 e. The van der Waals surface area contributed by atoms with Gasteiger partial charge in [-0.3, -0.25) is 4.79 Å². The van der Waals surface area contributed by atoms with E-state index >= 15 is 0 Å². The fraction of sp³-hybridized carbons (Fsp3) is 0.200. The molecule has 0 atom stereocenters. The number of anilines is 1. The molecule has 5 heteroatoms. The molecule has 0 saturated heterocycles. The highest BCUT2D eigenvalue weighted by atomic mass is 16.5. The lowest BCUT2D eigenvalue weighted by molar-refractivity contribution is -0.116. The lowest BCUT2D eigenvalue weighted by atomic mass is 10.1. The predicted octanol–water partition coefficient (Wildman–Crippen LogP) is 4.18. The van der Waals surface area contributed by atoms with Gasteiger partial charge in [-0.05, 0) is 43.2 Å². The summed E-state index contributed by atoms with van der Waals surface area (Å²) in [5.74, 6) is 1.69. The topological polar surface area (TPSA) is 67.0 Å². The number of ether oxygens (including phenoxy) is 1. The third-order valence-corrected chi connectivity index (χ3v) is 3.74. The predicted molar refractivity (Wildman–Crippen MR) is 98.6 cm³/mol. The van der Waals surface area contributed by atoms with Crippen molar-refractivity contribution in [3.8, 4) is 17.0 Å². The van der Waals surface area contributed by atoms with Crippen molar-refractivity contribution in [1.29, 1.82) is 0 Å². The molecule has 1 heterocycles. The van der Waals surface area contributed by atoms with Crippen LogP contribution in [0, 0.1) is 6.92 Å². The molecule has 3 rings (SSSR count). The zero-order chi connectivity index (χ0) is 17.5. The number of rotatable bonds is 7. The number of aromatic nitrogens is 2. The number of carbonyl (C=O) groups excluding carboxylic acids is 1. The van der Waals surface area contributed by atoms with Gasteiger partial charge in [-0.1, -0.05) is 30.3 Å². The van der Waals surface area contributed by atoms with Gasteiger partial charge in [0, 0.05) is 12.1 Å². The van der Waals surface area contributed by atoms with E-state index in [0.29, 0.717) is 19.4 Å². The first-order valence-electron chi connectivity index (χ1n) is 8.30. The van der Waals surface area contributed by atoms with Gasteiger partial charge in [0.15, 0.2) is 0 Å². The van der Waals surface area contributed by atoms with Gasteiger partial charge in [0.25, 0.3) is 0 Å². The van der Waals surface area contributed by atoms with E-state index in [9.17, 15) is 4.79 Å². The van der Waals surface area contributed by atoms with Crippen LogP contribution in [0.25, 0.3) is 11.3 Å². The minimum absolute atomic E-state index is 0.0122. The summed E-state index contributed by atoms with van der Waals surface area (Å²) >= 11 is 0. The van der Waals surface area contributed by atoms with E-state index in [1.165, 1.54) is 0 Å². The number of H-pyrrole nitrogens is 1. The second kappa shape index (κ2) is 8.15. The number of nitrogens with zero attached hydrogens (tertiary/aromatic N) is 1. The van der Waals surface area contributed by atoms with Crippen molar-refractivity contribution >= 4 is 11.6 Å². The quantitative estimate of drug-likeness (QED) is 0.636. The fourth-order valence-electron chi connectivity index (χ4n) is 2.46. The first-order valence-corrected chi connectivity index (χ1v) is 8.30. The largest absolute Gasteiger partial charge is 0.494 e. The highest BCUT2D eigenvalue weighted by molar-refractivity contribution is 5.90. The summed E-state index contributed by atoms with van der Waals surface area (Å²) in [5, 5.41) is 2.90. The Kier molecular flexibility index (Phi) is 5.46.